The Balaban J connectivity index is 3.07. The van der Waals surface area contributed by atoms with E-state index < -0.39 is 0 Å². The molecule has 0 saturated carbocycles. The average molecular weight is 194 g/mol. The zero-order valence-corrected chi connectivity index (χ0v) is 8.46. The molecule has 1 N–H and O–H groups in total. The van der Waals surface area contributed by atoms with Gasteiger partial charge in [-0.1, -0.05) is 0 Å². The lowest BCUT2D eigenvalue weighted by Crippen LogP contribution is -2.02. The molecular formula is C10H13NO3. The van der Waals surface area contributed by atoms with E-state index in [9.17, 15) is 4.79 Å². The SMILES string of the molecule is COC(=O)c1ccc(N[11CH3])c(OC)c1. The Kier molecular flexibility index (Phi) is 3.34. The minimum Gasteiger partial charge on any atom is -0.495 e. The third-order valence-electron chi connectivity index (χ3n) is 1.89. The number of anilines is 1. The molecule has 0 atom stereocenters. The van der Waals surface area contributed by atoms with Gasteiger partial charge < -0.3 is 14.8 Å². The predicted molar refractivity (Wildman–Crippen MR) is 53.9 cm³/mol. The van der Waals surface area contributed by atoms with Crippen molar-refractivity contribution in [2.24, 2.45) is 0 Å². The molecule has 1 aromatic rings. The monoisotopic (exact) mass is 194 g/mol. The molecule has 14 heavy (non-hydrogen) atoms. The van der Waals surface area contributed by atoms with Crippen LogP contribution in [0.4, 0.5) is 5.69 Å². The van der Waals surface area contributed by atoms with Crippen LogP contribution in [-0.2, 0) is 4.74 Å². The highest BCUT2D eigenvalue weighted by Crippen LogP contribution is 2.25. The molecule has 0 heterocycles. The number of nitrogens with one attached hydrogen (secondary N) is 1. The van der Waals surface area contributed by atoms with E-state index >= 15 is 0 Å². The average Bonchev–Trinajstić information content (AvgIpc) is 2.26. The van der Waals surface area contributed by atoms with Crippen LogP contribution in [0.15, 0.2) is 18.2 Å². The van der Waals surface area contributed by atoms with Gasteiger partial charge in [0.1, 0.15) is 5.75 Å². The van der Waals surface area contributed by atoms with Gasteiger partial charge in [0.2, 0.25) is 0 Å². The Labute approximate surface area is 82.8 Å². The van der Waals surface area contributed by atoms with E-state index in [1.807, 2.05) is 0 Å². The van der Waals surface area contributed by atoms with Gasteiger partial charge in [-0.05, 0) is 18.2 Å². The van der Waals surface area contributed by atoms with E-state index in [1.165, 1.54) is 7.11 Å². The first-order valence-electron chi connectivity index (χ1n) is 4.17. The van der Waals surface area contributed by atoms with Crippen molar-refractivity contribution in [3.63, 3.8) is 0 Å². The highest BCUT2D eigenvalue weighted by atomic mass is 16.5. The summed E-state index contributed by atoms with van der Waals surface area (Å²) in [5.41, 5.74) is 1.31. The van der Waals surface area contributed by atoms with Crippen molar-refractivity contribution in [2.75, 3.05) is 26.6 Å². The second-order valence-electron chi connectivity index (χ2n) is 2.66. The van der Waals surface area contributed by atoms with Crippen LogP contribution in [0.2, 0.25) is 0 Å². The summed E-state index contributed by atoms with van der Waals surface area (Å²) in [5, 5.41) is 2.95. The number of hydrogen-bond donors (Lipinski definition) is 1. The van der Waals surface area contributed by atoms with E-state index in [0.29, 0.717) is 11.3 Å². The van der Waals surface area contributed by atoms with Crippen LogP contribution in [-0.4, -0.2) is 27.2 Å². The Hall–Kier alpha value is -1.71. The van der Waals surface area contributed by atoms with Crippen LogP contribution in [0.5, 0.6) is 5.75 Å². The third kappa shape index (κ3) is 1.96. The number of carbonyl (C=O) groups is 1. The lowest BCUT2D eigenvalue weighted by Gasteiger charge is -2.08. The van der Waals surface area contributed by atoms with Crippen LogP contribution in [0.1, 0.15) is 10.4 Å². The van der Waals surface area contributed by atoms with E-state index in [-0.39, 0.29) is 5.97 Å². The molecule has 0 fully saturated rings. The summed E-state index contributed by atoms with van der Waals surface area (Å²) in [4.78, 5) is 11.2. The van der Waals surface area contributed by atoms with Crippen molar-refractivity contribution in [1.82, 2.24) is 0 Å². The van der Waals surface area contributed by atoms with E-state index in [1.54, 1.807) is 32.4 Å². The molecule has 0 spiro atoms. The van der Waals surface area contributed by atoms with Crippen LogP contribution >= 0.6 is 0 Å². The molecule has 4 heteroatoms. The zero-order chi connectivity index (χ0) is 10.6. The summed E-state index contributed by atoms with van der Waals surface area (Å²) in [7, 11) is 4.69. The highest BCUT2D eigenvalue weighted by Gasteiger charge is 2.08. The van der Waals surface area contributed by atoms with Crippen LogP contribution < -0.4 is 10.1 Å². The summed E-state index contributed by atoms with van der Waals surface area (Å²) < 4.78 is 9.70. The van der Waals surface area contributed by atoms with Gasteiger partial charge in [0.05, 0.1) is 25.5 Å². The van der Waals surface area contributed by atoms with Crippen molar-refractivity contribution in [1.29, 1.82) is 0 Å². The lowest BCUT2D eigenvalue weighted by molar-refractivity contribution is 0.0600. The maximum Gasteiger partial charge on any atom is 0.337 e. The number of ether oxygens (including phenoxy) is 2. The maximum atomic E-state index is 11.2. The molecule has 0 aliphatic heterocycles. The van der Waals surface area contributed by atoms with Crippen LogP contribution in [0, 0.1) is 0 Å². The van der Waals surface area contributed by atoms with Gasteiger partial charge >= 0.3 is 5.97 Å². The molecule has 0 unspecified atom stereocenters. The first-order chi connectivity index (χ1) is 6.72. The molecule has 76 valence electrons. The van der Waals surface area contributed by atoms with Gasteiger partial charge in [-0.15, -0.1) is 0 Å². The van der Waals surface area contributed by atoms with E-state index in [4.69, 9.17) is 4.74 Å². The second-order valence-corrected chi connectivity index (χ2v) is 2.66. The van der Waals surface area contributed by atoms with Gasteiger partial charge in [-0.2, -0.15) is 0 Å². The van der Waals surface area contributed by atoms with Crippen molar-refractivity contribution in [3.05, 3.63) is 23.8 Å². The molecule has 0 aliphatic rings. The fourth-order valence-electron chi connectivity index (χ4n) is 1.14. The summed E-state index contributed by atoms with van der Waals surface area (Å²) in [6.45, 7) is 0. The van der Waals surface area contributed by atoms with Gasteiger partial charge in [0, 0.05) is 7.05 Å². The molecule has 4 nitrogen and oxygen atoms in total. The molecule has 0 aliphatic carbocycles. The summed E-state index contributed by atoms with van der Waals surface area (Å²) >= 11 is 0. The van der Waals surface area contributed by atoms with Crippen molar-refractivity contribution in [2.45, 2.75) is 0 Å². The van der Waals surface area contributed by atoms with Gasteiger partial charge in [-0.25, -0.2) is 4.79 Å². The largest absolute Gasteiger partial charge is 0.495 e. The fourth-order valence-corrected chi connectivity index (χ4v) is 1.14. The Morgan fingerprint density at radius 1 is 1.36 bits per heavy atom. The Morgan fingerprint density at radius 2 is 2.07 bits per heavy atom. The maximum absolute atomic E-state index is 11.2. The standard InChI is InChI=1S/C10H13NO3/c1-11-8-5-4-7(10(12)14-3)6-9(8)13-2/h4-6,11H,1-3H3/i1-1. The third-order valence-corrected chi connectivity index (χ3v) is 1.89. The number of carbonyl (C=O) groups excluding carboxylic acids is 1. The number of esters is 1. The number of benzene rings is 1. The van der Waals surface area contributed by atoms with Crippen molar-refractivity contribution < 1.29 is 14.3 Å². The number of methoxy groups -OCH3 is 2. The predicted octanol–water partition coefficient (Wildman–Crippen LogP) is 1.52. The summed E-state index contributed by atoms with van der Waals surface area (Å²) in [5.74, 6) is 0.251. The van der Waals surface area contributed by atoms with Gasteiger partial charge in [0.15, 0.2) is 0 Å². The topological polar surface area (TPSA) is 47.6 Å². The first-order valence-corrected chi connectivity index (χ1v) is 4.17. The molecular weight excluding hydrogens is 181 g/mol. The van der Waals surface area contributed by atoms with Crippen LogP contribution in [0.3, 0.4) is 0 Å². The van der Waals surface area contributed by atoms with E-state index in [2.05, 4.69) is 10.1 Å². The molecule has 1 rings (SSSR count). The number of hydrogen-bond acceptors (Lipinski definition) is 4. The van der Waals surface area contributed by atoms with Crippen LogP contribution in [0.25, 0.3) is 0 Å². The van der Waals surface area contributed by atoms with Gasteiger partial charge in [-0.3, -0.25) is 0 Å². The first kappa shape index (κ1) is 10.4. The zero-order valence-electron chi connectivity index (χ0n) is 8.46. The molecule has 0 amide bonds. The molecule has 0 aromatic heterocycles. The Bertz CT molecular complexity index is 336. The quantitative estimate of drug-likeness (QED) is 0.741. The summed E-state index contributed by atoms with van der Waals surface area (Å²) in [6, 6.07) is 5.09. The van der Waals surface area contributed by atoms with E-state index in [0.717, 1.165) is 5.69 Å². The number of rotatable bonds is 3. The molecule has 0 bridgehead atoms. The van der Waals surface area contributed by atoms with Crippen molar-refractivity contribution in [3.8, 4) is 5.75 Å². The highest BCUT2D eigenvalue weighted by molar-refractivity contribution is 5.90. The normalized spacial score (nSPS) is 9.36. The molecule has 1 aromatic carbocycles. The second kappa shape index (κ2) is 4.50. The molecule has 0 saturated heterocycles. The fraction of sp³-hybridized carbons (Fsp3) is 0.300. The Morgan fingerprint density at radius 3 is 2.57 bits per heavy atom. The van der Waals surface area contributed by atoms with Gasteiger partial charge in [0.25, 0.3) is 0 Å². The molecule has 0 radical (unpaired) electrons. The smallest absolute Gasteiger partial charge is 0.337 e. The summed E-state index contributed by atoms with van der Waals surface area (Å²) in [6.07, 6.45) is 0. The minimum atomic E-state index is -0.369. The lowest BCUT2D eigenvalue weighted by atomic mass is 10.2. The van der Waals surface area contributed by atoms with Crippen molar-refractivity contribution >= 4 is 11.7 Å². The minimum absolute atomic E-state index is 0.369.